The van der Waals surface area contributed by atoms with Crippen LogP contribution in [0.2, 0.25) is 0 Å². The van der Waals surface area contributed by atoms with Crippen LogP contribution in [0.4, 0.5) is 0 Å². The van der Waals surface area contributed by atoms with E-state index in [0.717, 1.165) is 29.8 Å². The van der Waals surface area contributed by atoms with Gasteiger partial charge in [-0.1, -0.05) is 55.4 Å². The minimum absolute atomic E-state index is 0.411. The first-order valence-corrected chi connectivity index (χ1v) is 8.20. The third kappa shape index (κ3) is 4.77. The van der Waals surface area contributed by atoms with Crippen molar-refractivity contribution in [3.05, 3.63) is 0 Å². The van der Waals surface area contributed by atoms with Gasteiger partial charge in [-0.25, -0.2) is 0 Å². The summed E-state index contributed by atoms with van der Waals surface area (Å²) in [4.78, 5) is 0. The van der Waals surface area contributed by atoms with Gasteiger partial charge in [-0.2, -0.15) is 0 Å². The van der Waals surface area contributed by atoms with Crippen LogP contribution in [-0.2, 0) is 0 Å². The van der Waals surface area contributed by atoms with Crippen molar-refractivity contribution in [1.82, 2.24) is 5.32 Å². The third-order valence-electron chi connectivity index (χ3n) is 5.66. The zero-order valence-electron chi connectivity index (χ0n) is 14.8. The van der Waals surface area contributed by atoms with Crippen LogP contribution in [0, 0.1) is 28.6 Å². The molecule has 0 aromatic rings. The Balaban J connectivity index is 2.67. The van der Waals surface area contributed by atoms with E-state index in [1.165, 1.54) is 12.8 Å². The van der Waals surface area contributed by atoms with Gasteiger partial charge in [0, 0.05) is 12.1 Å². The normalized spacial score (nSPS) is 28.9. The molecule has 0 aromatic heterocycles. The van der Waals surface area contributed by atoms with Crippen molar-refractivity contribution in [2.45, 2.75) is 87.2 Å². The summed E-state index contributed by atoms with van der Waals surface area (Å²) >= 11 is 0. The molecule has 0 amide bonds. The first-order chi connectivity index (χ1) is 8.44. The second-order valence-corrected chi connectivity index (χ2v) is 9.13. The molecule has 5 atom stereocenters. The second kappa shape index (κ2) is 5.76. The Morgan fingerprint density at radius 3 is 1.74 bits per heavy atom. The molecule has 1 heteroatoms. The summed E-state index contributed by atoms with van der Waals surface area (Å²) in [5.74, 6) is 2.37. The van der Waals surface area contributed by atoms with E-state index >= 15 is 0 Å². The van der Waals surface area contributed by atoms with Crippen molar-refractivity contribution >= 4 is 0 Å². The molecule has 1 aliphatic heterocycles. The predicted octanol–water partition coefficient (Wildman–Crippen LogP) is 5.11. The average Bonchev–Trinajstić information content (AvgIpc) is 2.90. The molecule has 5 unspecified atom stereocenters. The molecule has 1 fully saturated rings. The van der Waals surface area contributed by atoms with Gasteiger partial charge < -0.3 is 5.32 Å². The molecular formula is C18H37N. The minimum atomic E-state index is 0.411. The van der Waals surface area contributed by atoms with Gasteiger partial charge in [0.15, 0.2) is 0 Å². The minimum Gasteiger partial charge on any atom is -0.308 e. The van der Waals surface area contributed by atoms with E-state index < -0.39 is 0 Å². The highest BCUT2D eigenvalue weighted by Gasteiger charge is 2.38. The highest BCUT2D eigenvalue weighted by molar-refractivity contribution is 4.95. The zero-order valence-corrected chi connectivity index (χ0v) is 14.8. The molecule has 1 saturated heterocycles. The van der Waals surface area contributed by atoms with Crippen molar-refractivity contribution in [1.29, 1.82) is 0 Å². The molecule has 0 saturated carbocycles. The molecule has 0 bridgehead atoms. The van der Waals surface area contributed by atoms with E-state index in [0.29, 0.717) is 10.8 Å². The summed E-state index contributed by atoms with van der Waals surface area (Å²) in [6.07, 6.45) is 2.72. The molecule has 1 N–H and O–H groups in total. The van der Waals surface area contributed by atoms with Crippen molar-refractivity contribution < 1.29 is 0 Å². The molecule has 0 aromatic carbocycles. The Labute approximate surface area is 121 Å². The van der Waals surface area contributed by atoms with Gasteiger partial charge in [-0.15, -0.1) is 0 Å². The smallest absolute Gasteiger partial charge is 0.0221 e. The SMILES string of the molecule is CC1NC1CCC(C(C)C(C)C(C)(C)C)C(C)(C)C. The summed E-state index contributed by atoms with van der Waals surface area (Å²) < 4.78 is 0. The Kier molecular flexibility index (Phi) is 5.15. The van der Waals surface area contributed by atoms with E-state index in [-0.39, 0.29) is 0 Å². The standard InChI is InChI=1S/C18H37N/c1-12(13(2)17(4,5)6)15(18(7,8)9)10-11-16-14(3)19-16/h12-16,19H,10-11H2,1-9H3. The molecule has 0 spiro atoms. The fraction of sp³-hybridized carbons (Fsp3) is 1.00. The molecular weight excluding hydrogens is 230 g/mol. The highest BCUT2D eigenvalue weighted by atomic mass is 15.1. The van der Waals surface area contributed by atoms with Gasteiger partial charge in [-0.05, 0) is 48.3 Å². The van der Waals surface area contributed by atoms with Gasteiger partial charge in [0.2, 0.25) is 0 Å². The van der Waals surface area contributed by atoms with Crippen LogP contribution in [0.15, 0.2) is 0 Å². The Morgan fingerprint density at radius 1 is 0.947 bits per heavy atom. The molecule has 1 aliphatic rings. The lowest BCUT2D eigenvalue weighted by atomic mass is 9.63. The lowest BCUT2D eigenvalue weighted by molar-refractivity contribution is 0.0664. The number of nitrogens with one attached hydrogen (secondary N) is 1. The lowest BCUT2D eigenvalue weighted by Crippen LogP contribution is -2.35. The van der Waals surface area contributed by atoms with Crippen molar-refractivity contribution in [2.75, 3.05) is 0 Å². The Morgan fingerprint density at radius 2 is 1.42 bits per heavy atom. The van der Waals surface area contributed by atoms with Crippen LogP contribution < -0.4 is 5.32 Å². The van der Waals surface area contributed by atoms with E-state index in [1.807, 2.05) is 0 Å². The first kappa shape index (κ1) is 17.0. The maximum absolute atomic E-state index is 3.54. The Hall–Kier alpha value is -0.0400. The molecule has 0 radical (unpaired) electrons. The zero-order chi connectivity index (χ0) is 15.0. The van der Waals surface area contributed by atoms with Crippen molar-refractivity contribution in [3.63, 3.8) is 0 Å². The Bertz CT molecular complexity index is 281. The maximum atomic E-state index is 3.54. The molecule has 114 valence electrons. The van der Waals surface area contributed by atoms with Crippen molar-refractivity contribution in [3.8, 4) is 0 Å². The monoisotopic (exact) mass is 267 g/mol. The van der Waals surface area contributed by atoms with Gasteiger partial charge >= 0.3 is 0 Å². The topological polar surface area (TPSA) is 21.9 Å². The van der Waals surface area contributed by atoms with Gasteiger partial charge in [0.25, 0.3) is 0 Å². The van der Waals surface area contributed by atoms with Crippen LogP contribution in [0.3, 0.4) is 0 Å². The number of rotatable bonds is 5. The molecule has 1 nitrogen and oxygen atoms in total. The summed E-state index contributed by atoms with van der Waals surface area (Å²) in [6, 6.07) is 1.55. The summed E-state index contributed by atoms with van der Waals surface area (Å²) in [5, 5.41) is 3.54. The summed E-state index contributed by atoms with van der Waals surface area (Å²) in [6.45, 7) is 21.7. The first-order valence-electron chi connectivity index (χ1n) is 8.20. The second-order valence-electron chi connectivity index (χ2n) is 9.13. The van der Waals surface area contributed by atoms with E-state index in [4.69, 9.17) is 0 Å². The van der Waals surface area contributed by atoms with E-state index in [9.17, 15) is 0 Å². The van der Waals surface area contributed by atoms with Crippen LogP contribution in [-0.4, -0.2) is 12.1 Å². The van der Waals surface area contributed by atoms with E-state index in [1.54, 1.807) is 0 Å². The van der Waals surface area contributed by atoms with Crippen LogP contribution in [0.5, 0.6) is 0 Å². The largest absolute Gasteiger partial charge is 0.308 e. The maximum Gasteiger partial charge on any atom is 0.0221 e. The van der Waals surface area contributed by atoms with Gasteiger partial charge in [0.05, 0.1) is 0 Å². The van der Waals surface area contributed by atoms with Crippen LogP contribution >= 0.6 is 0 Å². The average molecular weight is 268 g/mol. The predicted molar refractivity (Wildman–Crippen MR) is 86.3 cm³/mol. The van der Waals surface area contributed by atoms with Crippen molar-refractivity contribution in [2.24, 2.45) is 28.6 Å². The van der Waals surface area contributed by atoms with Crippen LogP contribution in [0.25, 0.3) is 0 Å². The molecule has 1 heterocycles. The third-order valence-corrected chi connectivity index (χ3v) is 5.66. The summed E-state index contributed by atoms with van der Waals surface area (Å²) in [5.41, 5.74) is 0.824. The molecule has 1 rings (SSSR count). The fourth-order valence-corrected chi connectivity index (χ4v) is 3.60. The number of hydrogen-bond acceptors (Lipinski definition) is 1. The molecule has 19 heavy (non-hydrogen) atoms. The van der Waals surface area contributed by atoms with Gasteiger partial charge in [-0.3, -0.25) is 0 Å². The molecule has 0 aliphatic carbocycles. The fourth-order valence-electron chi connectivity index (χ4n) is 3.60. The van der Waals surface area contributed by atoms with Crippen LogP contribution in [0.1, 0.15) is 75.2 Å². The quantitative estimate of drug-likeness (QED) is 0.687. The number of hydrogen-bond donors (Lipinski definition) is 1. The summed E-state index contributed by atoms with van der Waals surface area (Å²) in [7, 11) is 0. The van der Waals surface area contributed by atoms with Gasteiger partial charge in [0.1, 0.15) is 0 Å². The highest BCUT2D eigenvalue weighted by Crippen LogP contribution is 2.44. The van der Waals surface area contributed by atoms with E-state index in [2.05, 4.69) is 67.6 Å². The lowest BCUT2D eigenvalue weighted by Gasteiger charge is -2.43.